The molecule has 0 saturated carbocycles. The lowest BCUT2D eigenvalue weighted by Crippen LogP contribution is -2.28. The fourth-order valence-electron chi connectivity index (χ4n) is 8.82. The number of nitrogens with zero attached hydrogens (tertiary/aromatic N) is 3. The van der Waals surface area contributed by atoms with Crippen LogP contribution in [0.3, 0.4) is 0 Å². The SMILES string of the molecule is c1ccc(C2(c3ccccc3)c3ccccc3-c3ccc(-c4nc5occn5c4-c4ccc(-n5c6ccccc6c6ccccc65)cc4)cc32)cc1. The molecular formula is C48H31N3O. The second-order valence-electron chi connectivity index (χ2n) is 13.6. The zero-order chi connectivity index (χ0) is 34.2. The molecule has 0 spiro atoms. The second-order valence-corrected chi connectivity index (χ2v) is 13.6. The first-order valence-corrected chi connectivity index (χ1v) is 17.7. The number of imidazole rings is 1. The van der Waals surface area contributed by atoms with Crippen molar-refractivity contribution in [1.29, 1.82) is 0 Å². The number of benzene rings is 7. The number of para-hydroxylation sites is 2. The summed E-state index contributed by atoms with van der Waals surface area (Å²) in [5, 5.41) is 2.50. The average Bonchev–Trinajstić information content (AvgIpc) is 3.97. The number of rotatable bonds is 5. The Balaban J connectivity index is 1.11. The molecule has 0 N–H and O–H groups in total. The highest BCUT2D eigenvalue weighted by Crippen LogP contribution is 2.56. The van der Waals surface area contributed by atoms with Crippen LogP contribution < -0.4 is 0 Å². The van der Waals surface area contributed by atoms with Gasteiger partial charge in [-0.3, -0.25) is 4.40 Å². The summed E-state index contributed by atoms with van der Waals surface area (Å²) < 4.78 is 10.3. The maximum atomic E-state index is 5.93. The molecule has 1 aliphatic rings. The van der Waals surface area contributed by atoms with Crippen molar-refractivity contribution in [3.63, 3.8) is 0 Å². The number of aromatic nitrogens is 3. The Morgan fingerprint density at radius 3 is 1.77 bits per heavy atom. The lowest BCUT2D eigenvalue weighted by Gasteiger charge is -2.34. The van der Waals surface area contributed by atoms with Crippen LogP contribution in [0.1, 0.15) is 22.3 Å². The van der Waals surface area contributed by atoms with E-state index in [9.17, 15) is 0 Å². The molecule has 0 atom stereocenters. The minimum atomic E-state index is -0.493. The van der Waals surface area contributed by atoms with Gasteiger partial charge in [-0.25, -0.2) is 0 Å². The molecule has 0 radical (unpaired) electrons. The Bertz CT molecular complexity index is 2860. The van der Waals surface area contributed by atoms with Gasteiger partial charge in [0.25, 0.3) is 0 Å². The summed E-state index contributed by atoms with van der Waals surface area (Å²) in [6.07, 6.45) is 3.67. The van der Waals surface area contributed by atoms with Crippen molar-refractivity contribution in [2.24, 2.45) is 0 Å². The molecule has 244 valence electrons. The molecule has 10 aromatic rings. The van der Waals surface area contributed by atoms with E-state index in [2.05, 4.69) is 185 Å². The van der Waals surface area contributed by atoms with Crippen molar-refractivity contribution in [3.05, 3.63) is 211 Å². The molecule has 4 heteroatoms. The van der Waals surface area contributed by atoms with Gasteiger partial charge in [-0.1, -0.05) is 146 Å². The molecule has 0 aliphatic heterocycles. The van der Waals surface area contributed by atoms with Gasteiger partial charge in [-0.2, -0.15) is 4.98 Å². The fraction of sp³-hybridized carbons (Fsp3) is 0.0208. The third-order valence-electron chi connectivity index (χ3n) is 11.0. The summed E-state index contributed by atoms with van der Waals surface area (Å²) in [6.45, 7) is 0. The van der Waals surface area contributed by atoms with Crippen LogP contribution in [-0.2, 0) is 5.41 Å². The fourth-order valence-corrected chi connectivity index (χ4v) is 8.82. The summed E-state index contributed by atoms with van der Waals surface area (Å²) in [5.41, 5.74) is 14.5. The third kappa shape index (κ3) is 3.95. The molecule has 7 aromatic carbocycles. The molecule has 4 nitrogen and oxygen atoms in total. The van der Waals surface area contributed by atoms with Gasteiger partial charge in [0.2, 0.25) is 0 Å². The van der Waals surface area contributed by atoms with Gasteiger partial charge in [0.1, 0.15) is 12.0 Å². The minimum absolute atomic E-state index is 0.493. The molecule has 3 heterocycles. The standard InChI is InChI=1S/C48H31N3O/c1-3-13-34(14-4-1)48(35-15-5-2-6-16-35)41-20-10-7-17-37(41)38-28-25-33(31-42(38)48)45-46(50-29-30-52-47(50)49-45)32-23-26-36(27-24-32)51-43-21-11-8-18-39(43)40-19-9-12-22-44(40)51/h1-31H. The van der Waals surface area contributed by atoms with Crippen LogP contribution in [0.5, 0.6) is 0 Å². The van der Waals surface area contributed by atoms with Crippen LogP contribution >= 0.6 is 0 Å². The molecule has 52 heavy (non-hydrogen) atoms. The Labute approximate surface area is 300 Å². The van der Waals surface area contributed by atoms with Crippen molar-refractivity contribution < 1.29 is 4.42 Å². The predicted octanol–water partition coefficient (Wildman–Crippen LogP) is 11.7. The monoisotopic (exact) mass is 665 g/mol. The zero-order valence-corrected chi connectivity index (χ0v) is 28.1. The first kappa shape index (κ1) is 28.9. The van der Waals surface area contributed by atoms with E-state index in [0.717, 1.165) is 28.2 Å². The Morgan fingerprint density at radius 2 is 1.08 bits per heavy atom. The van der Waals surface area contributed by atoms with Gasteiger partial charge in [-0.15, -0.1) is 0 Å². The van der Waals surface area contributed by atoms with Gasteiger partial charge < -0.3 is 8.98 Å². The van der Waals surface area contributed by atoms with Crippen molar-refractivity contribution in [3.8, 4) is 39.3 Å². The summed E-state index contributed by atoms with van der Waals surface area (Å²) >= 11 is 0. The van der Waals surface area contributed by atoms with E-state index in [1.54, 1.807) is 6.26 Å². The van der Waals surface area contributed by atoms with E-state index in [-0.39, 0.29) is 0 Å². The van der Waals surface area contributed by atoms with Crippen LogP contribution in [0, 0.1) is 0 Å². The van der Waals surface area contributed by atoms with Gasteiger partial charge >= 0.3 is 5.84 Å². The van der Waals surface area contributed by atoms with Gasteiger partial charge in [0.15, 0.2) is 0 Å². The first-order valence-electron chi connectivity index (χ1n) is 17.7. The molecule has 0 bridgehead atoms. The Morgan fingerprint density at radius 1 is 0.500 bits per heavy atom. The molecule has 11 rings (SSSR count). The number of hydrogen-bond acceptors (Lipinski definition) is 2. The molecule has 1 aliphatic carbocycles. The highest BCUT2D eigenvalue weighted by molar-refractivity contribution is 6.09. The van der Waals surface area contributed by atoms with Gasteiger partial charge in [0.05, 0.1) is 22.1 Å². The normalized spacial score (nSPS) is 13.2. The van der Waals surface area contributed by atoms with Crippen LogP contribution in [0.2, 0.25) is 0 Å². The maximum absolute atomic E-state index is 5.93. The molecular weight excluding hydrogens is 635 g/mol. The quantitative estimate of drug-likeness (QED) is 0.183. The summed E-state index contributed by atoms with van der Waals surface area (Å²) in [4.78, 5) is 5.13. The first-order chi connectivity index (χ1) is 25.8. The van der Waals surface area contributed by atoms with Crippen LogP contribution in [0.4, 0.5) is 0 Å². The molecule has 0 fully saturated rings. The molecule has 0 saturated heterocycles. The van der Waals surface area contributed by atoms with E-state index in [1.807, 2.05) is 6.20 Å². The van der Waals surface area contributed by atoms with Gasteiger partial charge in [-0.05, 0) is 63.7 Å². The van der Waals surface area contributed by atoms with Crippen LogP contribution in [0.15, 0.2) is 193 Å². The maximum Gasteiger partial charge on any atom is 0.306 e. The topological polar surface area (TPSA) is 35.4 Å². The van der Waals surface area contributed by atoms with E-state index in [4.69, 9.17) is 9.40 Å². The largest absolute Gasteiger partial charge is 0.432 e. The van der Waals surface area contributed by atoms with Crippen LogP contribution in [0.25, 0.3) is 67.0 Å². The predicted molar refractivity (Wildman–Crippen MR) is 210 cm³/mol. The van der Waals surface area contributed by atoms with Crippen molar-refractivity contribution in [2.75, 3.05) is 0 Å². The lowest BCUT2D eigenvalue weighted by molar-refractivity contribution is 0.596. The second kappa shape index (κ2) is 11.0. The third-order valence-corrected chi connectivity index (χ3v) is 11.0. The summed E-state index contributed by atoms with van der Waals surface area (Å²) in [7, 11) is 0. The van der Waals surface area contributed by atoms with E-state index in [1.165, 1.54) is 55.2 Å². The smallest absolute Gasteiger partial charge is 0.306 e. The van der Waals surface area contributed by atoms with Crippen molar-refractivity contribution in [2.45, 2.75) is 5.41 Å². The number of fused-ring (bicyclic) bond motifs is 7. The van der Waals surface area contributed by atoms with Crippen molar-refractivity contribution >= 4 is 27.6 Å². The highest BCUT2D eigenvalue weighted by Gasteiger charge is 2.46. The summed E-state index contributed by atoms with van der Waals surface area (Å²) in [6, 6.07) is 63.7. The Kier molecular flexibility index (Phi) is 6.13. The molecule has 0 amide bonds. The zero-order valence-electron chi connectivity index (χ0n) is 28.1. The average molecular weight is 666 g/mol. The van der Waals surface area contributed by atoms with Gasteiger partial charge in [0, 0.05) is 33.8 Å². The van der Waals surface area contributed by atoms with Crippen LogP contribution in [-0.4, -0.2) is 14.0 Å². The minimum Gasteiger partial charge on any atom is -0.432 e. The molecule has 3 aromatic heterocycles. The number of oxazole rings is 1. The highest BCUT2D eigenvalue weighted by atomic mass is 16.3. The number of hydrogen-bond donors (Lipinski definition) is 0. The van der Waals surface area contributed by atoms with E-state index < -0.39 is 5.41 Å². The summed E-state index contributed by atoms with van der Waals surface area (Å²) in [5.74, 6) is 0.567. The van der Waals surface area contributed by atoms with E-state index in [0.29, 0.717) is 5.84 Å². The lowest BCUT2D eigenvalue weighted by atomic mass is 9.67. The van der Waals surface area contributed by atoms with Crippen molar-refractivity contribution in [1.82, 2.24) is 14.0 Å². The molecule has 0 unspecified atom stereocenters. The van der Waals surface area contributed by atoms with E-state index >= 15 is 0 Å². The Hall–Kier alpha value is -6.91.